The number of sulfone groups is 1. The molecule has 3 nitrogen and oxygen atoms in total. The largest absolute Gasteiger partial charge is 0.223 e. The van der Waals surface area contributed by atoms with Crippen LogP contribution in [0.4, 0.5) is 0 Å². The molecule has 1 saturated carbocycles. The van der Waals surface area contributed by atoms with E-state index in [9.17, 15) is 13.7 Å². The van der Waals surface area contributed by atoms with E-state index in [-0.39, 0.29) is 5.92 Å². The van der Waals surface area contributed by atoms with Crippen molar-refractivity contribution in [3.05, 3.63) is 29.3 Å². The molecule has 1 fully saturated rings. The molecule has 1 aliphatic carbocycles. The zero-order valence-electron chi connectivity index (χ0n) is 11.4. The smallest absolute Gasteiger partial charge is 0.182 e. The first-order valence-electron chi connectivity index (χ1n) is 6.67. The molecule has 2 atom stereocenters. The lowest BCUT2D eigenvalue weighted by Gasteiger charge is -2.27. The van der Waals surface area contributed by atoms with E-state index in [4.69, 9.17) is 0 Å². The zero-order valence-corrected chi connectivity index (χ0v) is 12.2. The van der Waals surface area contributed by atoms with Gasteiger partial charge in [0.05, 0.1) is 22.1 Å². The Morgan fingerprint density at radius 3 is 2.58 bits per heavy atom. The summed E-state index contributed by atoms with van der Waals surface area (Å²) in [5.41, 5.74) is 1.71. The Hall–Kier alpha value is -1.34. The number of aryl methyl sites for hydroxylation is 2. The van der Waals surface area contributed by atoms with Crippen LogP contribution in [0.25, 0.3) is 0 Å². The van der Waals surface area contributed by atoms with Crippen LogP contribution in [0.2, 0.25) is 0 Å². The molecule has 0 radical (unpaired) electrons. The van der Waals surface area contributed by atoms with Gasteiger partial charge in [-0.2, -0.15) is 5.26 Å². The maximum Gasteiger partial charge on any atom is 0.182 e. The number of hydrogen-bond donors (Lipinski definition) is 0. The summed E-state index contributed by atoms with van der Waals surface area (Å²) in [6.45, 7) is 3.71. The molecule has 1 aromatic carbocycles. The van der Waals surface area contributed by atoms with Crippen molar-refractivity contribution >= 4 is 9.84 Å². The Balaban J connectivity index is 2.47. The molecule has 0 aliphatic heterocycles. The quantitative estimate of drug-likeness (QED) is 0.834. The van der Waals surface area contributed by atoms with Gasteiger partial charge < -0.3 is 0 Å². The van der Waals surface area contributed by atoms with E-state index in [1.54, 1.807) is 6.07 Å². The minimum atomic E-state index is -3.40. The van der Waals surface area contributed by atoms with Gasteiger partial charge >= 0.3 is 0 Å². The second kappa shape index (κ2) is 5.34. The normalized spacial score (nSPS) is 23.8. The molecule has 102 valence electrons. The maximum absolute atomic E-state index is 12.8. The summed E-state index contributed by atoms with van der Waals surface area (Å²) in [4.78, 5) is 0.402. The molecule has 1 aromatic rings. The first-order chi connectivity index (χ1) is 8.96. The van der Waals surface area contributed by atoms with Crippen LogP contribution in [-0.2, 0) is 9.84 Å². The summed E-state index contributed by atoms with van der Waals surface area (Å²) in [7, 11) is -3.40. The van der Waals surface area contributed by atoms with Crippen molar-refractivity contribution < 1.29 is 8.42 Å². The highest BCUT2D eigenvalue weighted by molar-refractivity contribution is 7.92. The number of benzene rings is 1. The van der Waals surface area contributed by atoms with Gasteiger partial charge in [0.25, 0.3) is 0 Å². The molecule has 0 N–H and O–H groups in total. The van der Waals surface area contributed by atoms with Gasteiger partial charge in [0.1, 0.15) is 0 Å². The van der Waals surface area contributed by atoms with Gasteiger partial charge in [-0.3, -0.25) is 0 Å². The number of hydrogen-bond acceptors (Lipinski definition) is 3. The number of nitriles is 1. The van der Waals surface area contributed by atoms with Gasteiger partial charge in [-0.1, -0.05) is 25.0 Å². The Morgan fingerprint density at radius 2 is 1.89 bits per heavy atom. The standard InChI is InChI=1S/C15H19NO2S/c1-11-7-8-12(2)15(9-11)19(17,18)14-6-4-3-5-13(14)10-16/h7-9,13-14H,3-6H2,1-2H3. The van der Waals surface area contributed by atoms with E-state index < -0.39 is 15.1 Å². The lowest BCUT2D eigenvalue weighted by Crippen LogP contribution is -2.32. The summed E-state index contributed by atoms with van der Waals surface area (Å²) in [6.07, 6.45) is 3.16. The van der Waals surface area contributed by atoms with E-state index in [0.717, 1.165) is 24.0 Å². The molecule has 1 aliphatic rings. The predicted octanol–water partition coefficient (Wildman–Crippen LogP) is 3.16. The summed E-state index contributed by atoms with van der Waals surface area (Å²) in [5, 5.41) is 8.65. The monoisotopic (exact) mass is 277 g/mol. The molecule has 19 heavy (non-hydrogen) atoms. The van der Waals surface area contributed by atoms with Crippen molar-refractivity contribution in [2.75, 3.05) is 0 Å². The Morgan fingerprint density at radius 1 is 1.21 bits per heavy atom. The van der Waals surface area contributed by atoms with E-state index >= 15 is 0 Å². The average molecular weight is 277 g/mol. The van der Waals surface area contributed by atoms with E-state index in [2.05, 4.69) is 6.07 Å². The molecular weight excluding hydrogens is 258 g/mol. The van der Waals surface area contributed by atoms with Crippen LogP contribution >= 0.6 is 0 Å². The fourth-order valence-electron chi connectivity index (χ4n) is 2.79. The minimum absolute atomic E-state index is 0.362. The Kier molecular flexibility index (Phi) is 3.96. The lowest BCUT2D eigenvalue weighted by atomic mass is 9.90. The van der Waals surface area contributed by atoms with Crippen LogP contribution in [0, 0.1) is 31.1 Å². The molecule has 0 aromatic heterocycles. The second-order valence-corrected chi connectivity index (χ2v) is 7.51. The molecule has 0 amide bonds. The van der Waals surface area contributed by atoms with Gasteiger partial charge in [-0.05, 0) is 43.9 Å². The van der Waals surface area contributed by atoms with Crippen LogP contribution in [0.3, 0.4) is 0 Å². The molecule has 0 heterocycles. The van der Waals surface area contributed by atoms with Gasteiger partial charge in [0.15, 0.2) is 9.84 Å². The van der Waals surface area contributed by atoms with Crippen molar-refractivity contribution in [2.24, 2.45) is 5.92 Å². The summed E-state index contributed by atoms with van der Waals surface area (Å²) in [5.74, 6) is -0.362. The fourth-order valence-corrected chi connectivity index (χ4v) is 5.09. The van der Waals surface area contributed by atoms with Crippen molar-refractivity contribution in [1.82, 2.24) is 0 Å². The molecule has 2 rings (SSSR count). The second-order valence-electron chi connectivity index (χ2n) is 5.37. The molecule has 0 saturated heterocycles. The minimum Gasteiger partial charge on any atom is -0.223 e. The lowest BCUT2D eigenvalue weighted by molar-refractivity contribution is 0.418. The first-order valence-corrected chi connectivity index (χ1v) is 8.22. The van der Waals surface area contributed by atoms with Crippen LogP contribution < -0.4 is 0 Å². The SMILES string of the molecule is Cc1ccc(C)c(S(=O)(=O)C2CCCCC2C#N)c1. The van der Waals surface area contributed by atoms with Crippen LogP contribution in [0.15, 0.2) is 23.1 Å². The van der Waals surface area contributed by atoms with E-state index in [0.29, 0.717) is 17.7 Å². The van der Waals surface area contributed by atoms with Gasteiger partial charge in [-0.25, -0.2) is 8.42 Å². The highest BCUT2D eigenvalue weighted by Gasteiger charge is 2.37. The van der Waals surface area contributed by atoms with E-state index in [1.807, 2.05) is 26.0 Å². The summed E-state index contributed by atoms with van der Waals surface area (Å²) >= 11 is 0. The molecular formula is C15H19NO2S. The molecule has 4 heteroatoms. The number of nitrogens with zero attached hydrogens (tertiary/aromatic N) is 1. The van der Waals surface area contributed by atoms with Gasteiger partial charge in [-0.15, -0.1) is 0 Å². The average Bonchev–Trinajstić information content (AvgIpc) is 2.41. The third-order valence-corrected chi connectivity index (χ3v) is 6.33. The van der Waals surface area contributed by atoms with Crippen molar-refractivity contribution in [1.29, 1.82) is 5.26 Å². The fraction of sp³-hybridized carbons (Fsp3) is 0.533. The Bertz CT molecular complexity index is 614. The van der Waals surface area contributed by atoms with Gasteiger partial charge in [0, 0.05) is 0 Å². The molecule has 0 bridgehead atoms. The molecule has 0 spiro atoms. The predicted molar refractivity (Wildman–Crippen MR) is 74.5 cm³/mol. The zero-order chi connectivity index (χ0) is 14.0. The summed E-state index contributed by atoms with van der Waals surface area (Å²) in [6, 6.07) is 7.67. The van der Waals surface area contributed by atoms with E-state index in [1.165, 1.54) is 0 Å². The Labute approximate surface area is 115 Å². The third kappa shape index (κ3) is 2.66. The van der Waals surface area contributed by atoms with Gasteiger partial charge in [0.2, 0.25) is 0 Å². The third-order valence-electron chi connectivity index (χ3n) is 3.92. The van der Waals surface area contributed by atoms with Crippen molar-refractivity contribution in [3.8, 4) is 6.07 Å². The number of rotatable bonds is 2. The highest BCUT2D eigenvalue weighted by atomic mass is 32.2. The first kappa shape index (κ1) is 14.1. The van der Waals surface area contributed by atoms with Crippen LogP contribution in [-0.4, -0.2) is 13.7 Å². The van der Waals surface area contributed by atoms with Crippen molar-refractivity contribution in [3.63, 3.8) is 0 Å². The van der Waals surface area contributed by atoms with Crippen LogP contribution in [0.5, 0.6) is 0 Å². The van der Waals surface area contributed by atoms with Crippen LogP contribution in [0.1, 0.15) is 36.8 Å². The molecule has 2 unspecified atom stereocenters. The van der Waals surface area contributed by atoms with Crippen molar-refractivity contribution in [2.45, 2.75) is 49.7 Å². The summed E-state index contributed by atoms with van der Waals surface area (Å²) < 4.78 is 25.6. The maximum atomic E-state index is 12.8. The topological polar surface area (TPSA) is 57.9 Å². The highest BCUT2D eigenvalue weighted by Crippen LogP contribution is 2.34.